The number of hydrogen-bond donors (Lipinski definition) is 0. The van der Waals surface area contributed by atoms with Crippen molar-refractivity contribution in [2.24, 2.45) is 0 Å². The third-order valence-electron chi connectivity index (χ3n) is 3.48. The summed E-state index contributed by atoms with van der Waals surface area (Å²) in [4.78, 5) is 13.2. The summed E-state index contributed by atoms with van der Waals surface area (Å²) in [6.07, 6.45) is -0.616. The average molecular weight is 484 g/mol. The lowest BCUT2D eigenvalue weighted by Crippen LogP contribution is -2.27. The summed E-state index contributed by atoms with van der Waals surface area (Å²) in [6.45, 7) is 5.34. The van der Waals surface area contributed by atoms with Gasteiger partial charge in [0.1, 0.15) is 15.1 Å². The Morgan fingerprint density at radius 2 is 1.96 bits per heavy atom. The van der Waals surface area contributed by atoms with Crippen LogP contribution in [-0.2, 0) is 10.5 Å². The van der Waals surface area contributed by atoms with Gasteiger partial charge in [0.15, 0.2) is 0 Å². The molecular weight excluding hydrogens is 466 g/mol. The van der Waals surface area contributed by atoms with Gasteiger partial charge in [0.2, 0.25) is 0 Å². The topological polar surface area (TPSA) is 44.1 Å². The molecule has 0 N–H and O–H groups in total. The van der Waals surface area contributed by atoms with Gasteiger partial charge < -0.3 is 4.74 Å². The van der Waals surface area contributed by atoms with E-state index in [9.17, 15) is 9.18 Å². The van der Waals surface area contributed by atoms with Gasteiger partial charge in [0.05, 0.1) is 10.9 Å². The fraction of sp³-hybridized carbons (Fsp3) is 0.263. The second-order valence-corrected chi connectivity index (χ2v) is 8.83. The lowest BCUT2D eigenvalue weighted by atomic mass is 10.2. The minimum Gasteiger partial charge on any atom is -0.442 e. The number of carbonyl (C=O) groups is 1. The number of ether oxygens (including phenoxy) is 1. The highest BCUT2D eigenvalue weighted by atomic mass is 127. The summed E-state index contributed by atoms with van der Waals surface area (Å²) < 4.78 is 21.6. The van der Waals surface area contributed by atoms with Crippen LogP contribution in [0.3, 0.4) is 0 Å². The van der Waals surface area contributed by atoms with Crippen molar-refractivity contribution < 1.29 is 13.9 Å². The molecule has 3 aromatic rings. The van der Waals surface area contributed by atoms with E-state index in [-0.39, 0.29) is 0 Å². The summed E-state index contributed by atoms with van der Waals surface area (Å²) in [5.74, 6) is 0.320. The van der Waals surface area contributed by atoms with E-state index in [1.807, 2.05) is 52.9 Å². The lowest BCUT2D eigenvalue weighted by Gasteiger charge is -2.19. The molecule has 0 spiro atoms. The Balaban J connectivity index is 1.95. The molecule has 0 fully saturated rings. The first-order valence-electron chi connectivity index (χ1n) is 8.02. The number of nitrogens with zero attached hydrogens (tertiary/aromatic N) is 2. The van der Waals surface area contributed by atoms with Crippen LogP contribution in [0.2, 0.25) is 0 Å². The molecule has 0 bridgehead atoms. The predicted octanol–water partition coefficient (Wildman–Crippen LogP) is 5.86. The summed E-state index contributed by atoms with van der Waals surface area (Å²) in [7, 11) is 0. The van der Waals surface area contributed by atoms with E-state index in [0.29, 0.717) is 20.4 Å². The number of thioether (sulfide) groups is 1. The number of benzene rings is 2. The molecule has 0 saturated heterocycles. The van der Waals surface area contributed by atoms with Crippen molar-refractivity contribution in [1.82, 2.24) is 9.78 Å². The van der Waals surface area contributed by atoms with E-state index < -0.39 is 17.5 Å². The van der Waals surface area contributed by atoms with Crippen LogP contribution in [0.5, 0.6) is 0 Å². The highest BCUT2D eigenvalue weighted by Gasteiger charge is 2.23. The fourth-order valence-electron chi connectivity index (χ4n) is 2.40. The average Bonchev–Trinajstić information content (AvgIpc) is 2.90. The smallest absolute Gasteiger partial charge is 0.435 e. The Kier molecular flexibility index (Phi) is 5.57. The molecule has 0 aliphatic rings. The maximum atomic E-state index is 14.6. The van der Waals surface area contributed by atoms with Crippen molar-refractivity contribution in [3.63, 3.8) is 0 Å². The van der Waals surface area contributed by atoms with Crippen molar-refractivity contribution in [3.05, 3.63) is 57.5 Å². The fourth-order valence-corrected chi connectivity index (χ4v) is 4.06. The molecular formula is C19H18FIN2O2S. The van der Waals surface area contributed by atoms with Gasteiger partial charge in [-0.3, -0.25) is 0 Å². The van der Waals surface area contributed by atoms with Crippen LogP contribution in [0.25, 0.3) is 10.9 Å². The maximum Gasteiger partial charge on any atom is 0.435 e. The van der Waals surface area contributed by atoms with Crippen LogP contribution in [0.15, 0.2) is 47.4 Å². The minimum absolute atomic E-state index is 0.334. The largest absolute Gasteiger partial charge is 0.442 e. The predicted molar refractivity (Wildman–Crippen MR) is 110 cm³/mol. The standard InChI is InChI=1S/C19H18FIN2O2S/c1-19(2,3)25-18(24)23-15-10-13(9-14(20)16(15)17(21)22-23)26-11-12-7-5-4-6-8-12/h4-10H,11H2,1-3H3. The second kappa shape index (κ2) is 7.56. The van der Waals surface area contributed by atoms with Gasteiger partial charge in [-0.25, -0.2) is 9.18 Å². The molecule has 0 aliphatic heterocycles. The Bertz CT molecular complexity index is 952. The monoisotopic (exact) mass is 484 g/mol. The number of halogens is 2. The summed E-state index contributed by atoms with van der Waals surface area (Å²) in [5.41, 5.74) is 0.909. The molecule has 3 rings (SSSR count). The van der Waals surface area contributed by atoms with E-state index in [4.69, 9.17) is 4.74 Å². The van der Waals surface area contributed by atoms with Gasteiger partial charge in [0, 0.05) is 10.6 Å². The van der Waals surface area contributed by atoms with E-state index in [1.165, 1.54) is 17.8 Å². The number of hydrogen-bond acceptors (Lipinski definition) is 4. The summed E-state index contributed by atoms with van der Waals surface area (Å²) in [6, 6.07) is 13.2. The Labute approximate surface area is 169 Å². The number of fused-ring (bicyclic) bond motifs is 1. The zero-order valence-electron chi connectivity index (χ0n) is 14.6. The van der Waals surface area contributed by atoms with Crippen molar-refractivity contribution in [2.75, 3.05) is 0 Å². The van der Waals surface area contributed by atoms with Crippen LogP contribution in [0, 0.1) is 9.52 Å². The Morgan fingerprint density at radius 1 is 1.27 bits per heavy atom. The third kappa shape index (κ3) is 4.37. The molecule has 136 valence electrons. The van der Waals surface area contributed by atoms with Crippen LogP contribution < -0.4 is 0 Å². The SMILES string of the molecule is CC(C)(C)OC(=O)n1nc(I)c2c(F)cc(SCc3ccccc3)cc21. The van der Waals surface area contributed by atoms with Gasteiger partial charge in [0.25, 0.3) is 0 Å². The van der Waals surface area contributed by atoms with Gasteiger partial charge in [-0.15, -0.1) is 11.8 Å². The summed E-state index contributed by atoms with van der Waals surface area (Å²) in [5, 5.41) is 4.51. The number of carbonyl (C=O) groups excluding carboxylic acids is 1. The molecule has 7 heteroatoms. The first-order valence-corrected chi connectivity index (χ1v) is 10.1. The molecule has 1 heterocycles. The molecule has 0 amide bonds. The zero-order chi connectivity index (χ0) is 18.9. The van der Waals surface area contributed by atoms with Gasteiger partial charge in [-0.05, 0) is 61.1 Å². The van der Waals surface area contributed by atoms with Crippen LogP contribution in [0.4, 0.5) is 9.18 Å². The van der Waals surface area contributed by atoms with Crippen LogP contribution in [-0.4, -0.2) is 21.5 Å². The molecule has 0 radical (unpaired) electrons. The van der Waals surface area contributed by atoms with Gasteiger partial charge >= 0.3 is 6.09 Å². The second-order valence-electron chi connectivity index (χ2n) is 6.76. The van der Waals surface area contributed by atoms with E-state index >= 15 is 0 Å². The van der Waals surface area contributed by atoms with Crippen LogP contribution in [0.1, 0.15) is 26.3 Å². The van der Waals surface area contributed by atoms with E-state index in [0.717, 1.165) is 15.1 Å². The van der Waals surface area contributed by atoms with E-state index in [1.54, 1.807) is 26.8 Å². The van der Waals surface area contributed by atoms with Crippen molar-refractivity contribution in [1.29, 1.82) is 0 Å². The van der Waals surface area contributed by atoms with Crippen molar-refractivity contribution in [3.8, 4) is 0 Å². The van der Waals surface area contributed by atoms with E-state index in [2.05, 4.69) is 5.10 Å². The first kappa shape index (κ1) is 19.2. The summed E-state index contributed by atoms with van der Waals surface area (Å²) >= 11 is 3.44. The molecule has 0 saturated carbocycles. The first-order chi connectivity index (χ1) is 12.2. The zero-order valence-corrected chi connectivity index (χ0v) is 17.6. The molecule has 0 unspecified atom stereocenters. The van der Waals surface area contributed by atoms with Crippen molar-refractivity contribution in [2.45, 2.75) is 37.0 Å². The molecule has 2 aromatic carbocycles. The Hall–Kier alpha value is -1.61. The highest BCUT2D eigenvalue weighted by molar-refractivity contribution is 14.1. The number of rotatable bonds is 3. The molecule has 0 atom stereocenters. The molecule has 26 heavy (non-hydrogen) atoms. The Morgan fingerprint density at radius 3 is 2.62 bits per heavy atom. The lowest BCUT2D eigenvalue weighted by molar-refractivity contribution is 0.0522. The quantitative estimate of drug-likeness (QED) is 0.345. The van der Waals surface area contributed by atoms with Crippen LogP contribution >= 0.6 is 34.4 Å². The minimum atomic E-state index is -0.654. The number of aromatic nitrogens is 2. The maximum absolute atomic E-state index is 14.6. The van der Waals surface area contributed by atoms with Crippen molar-refractivity contribution >= 4 is 51.3 Å². The molecule has 0 aliphatic carbocycles. The molecule has 1 aromatic heterocycles. The van der Waals surface area contributed by atoms with Gasteiger partial charge in [-0.1, -0.05) is 30.3 Å². The highest BCUT2D eigenvalue weighted by Crippen LogP contribution is 2.31. The molecule has 4 nitrogen and oxygen atoms in total. The van der Waals surface area contributed by atoms with Gasteiger partial charge in [-0.2, -0.15) is 9.78 Å². The third-order valence-corrected chi connectivity index (χ3v) is 5.28. The normalized spacial score (nSPS) is 11.7.